The first-order chi connectivity index (χ1) is 8.11. The van der Waals surface area contributed by atoms with E-state index in [0.717, 1.165) is 5.56 Å². The van der Waals surface area contributed by atoms with Crippen molar-refractivity contribution in [2.75, 3.05) is 19.7 Å². The number of carbonyl (C=O) groups excluding carboxylic acids is 1. The van der Waals surface area contributed by atoms with E-state index < -0.39 is 0 Å². The van der Waals surface area contributed by atoms with Crippen LogP contribution in [0, 0.1) is 6.92 Å². The van der Waals surface area contributed by atoms with E-state index in [2.05, 4.69) is 6.58 Å². The van der Waals surface area contributed by atoms with Gasteiger partial charge >= 0.3 is 0 Å². The first-order valence-electron chi connectivity index (χ1n) is 5.38. The van der Waals surface area contributed by atoms with Crippen molar-refractivity contribution in [2.45, 2.75) is 6.92 Å². The molecule has 0 aliphatic carbocycles. The Morgan fingerprint density at radius 2 is 2.29 bits per heavy atom. The van der Waals surface area contributed by atoms with Crippen LogP contribution in [0.4, 0.5) is 0 Å². The number of hydrogen-bond donors (Lipinski definition) is 1. The van der Waals surface area contributed by atoms with Crippen molar-refractivity contribution in [3.05, 3.63) is 47.0 Å². The first kappa shape index (κ1) is 13.7. The van der Waals surface area contributed by atoms with Crippen LogP contribution >= 0.6 is 11.6 Å². The molecule has 0 unspecified atom stereocenters. The van der Waals surface area contributed by atoms with Crippen molar-refractivity contribution >= 4 is 17.5 Å². The Morgan fingerprint density at radius 3 is 2.88 bits per heavy atom. The molecule has 1 aromatic carbocycles. The van der Waals surface area contributed by atoms with E-state index in [-0.39, 0.29) is 19.1 Å². The lowest BCUT2D eigenvalue weighted by Gasteiger charge is -2.21. The third-order valence-electron chi connectivity index (χ3n) is 2.50. The van der Waals surface area contributed by atoms with Crippen LogP contribution in [-0.4, -0.2) is 35.6 Å². The molecule has 0 bridgehead atoms. The van der Waals surface area contributed by atoms with Gasteiger partial charge < -0.3 is 10.0 Å². The number of amides is 1. The Balaban J connectivity index is 3.00. The quantitative estimate of drug-likeness (QED) is 0.818. The molecule has 3 nitrogen and oxygen atoms in total. The summed E-state index contributed by atoms with van der Waals surface area (Å²) in [4.78, 5) is 13.7. The number of carbonyl (C=O) groups is 1. The third-order valence-corrected chi connectivity index (χ3v) is 2.91. The zero-order chi connectivity index (χ0) is 12.8. The number of hydrogen-bond acceptors (Lipinski definition) is 2. The van der Waals surface area contributed by atoms with Crippen LogP contribution in [0.3, 0.4) is 0 Å². The van der Waals surface area contributed by atoms with Gasteiger partial charge in [-0.1, -0.05) is 23.7 Å². The number of halogens is 1. The summed E-state index contributed by atoms with van der Waals surface area (Å²) in [7, 11) is 0. The van der Waals surface area contributed by atoms with E-state index in [4.69, 9.17) is 16.7 Å². The highest BCUT2D eigenvalue weighted by atomic mass is 35.5. The van der Waals surface area contributed by atoms with Crippen molar-refractivity contribution in [1.29, 1.82) is 0 Å². The van der Waals surface area contributed by atoms with Gasteiger partial charge in [-0.25, -0.2) is 0 Å². The van der Waals surface area contributed by atoms with Gasteiger partial charge in [0, 0.05) is 23.7 Å². The largest absolute Gasteiger partial charge is 0.395 e. The van der Waals surface area contributed by atoms with E-state index in [0.29, 0.717) is 17.1 Å². The molecule has 0 saturated carbocycles. The number of rotatable bonds is 5. The highest BCUT2D eigenvalue weighted by Gasteiger charge is 2.16. The molecule has 1 rings (SSSR count). The van der Waals surface area contributed by atoms with Crippen molar-refractivity contribution in [3.63, 3.8) is 0 Å². The summed E-state index contributed by atoms with van der Waals surface area (Å²) in [5.74, 6) is -0.140. The molecule has 0 fully saturated rings. The molecule has 0 spiro atoms. The topological polar surface area (TPSA) is 40.5 Å². The van der Waals surface area contributed by atoms with Gasteiger partial charge in [-0.3, -0.25) is 4.79 Å². The van der Waals surface area contributed by atoms with Crippen molar-refractivity contribution in [1.82, 2.24) is 4.90 Å². The maximum atomic E-state index is 12.2. The van der Waals surface area contributed by atoms with Crippen molar-refractivity contribution in [2.24, 2.45) is 0 Å². The van der Waals surface area contributed by atoms with Crippen LogP contribution in [0.5, 0.6) is 0 Å². The molecule has 92 valence electrons. The monoisotopic (exact) mass is 253 g/mol. The second-order valence-electron chi connectivity index (χ2n) is 3.68. The minimum absolute atomic E-state index is 0.0702. The van der Waals surface area contributed by atoms with E-state index >= 15 is 0 Å². The molecule has 1 aromatic rings. The summed E-state index contributed by atoms with van der Waals surface area (Å²) in [6, 6.07) is 5.22. The maximum Gasteiger partial charge on any atom is 0.254 e. The van der Waals surface area contributed by atoms with Gasteiger partial charge in [-0.05, 0) is 24.6 Å². The van der Waals surface area contributed by atoms with Gasteiger partial charge in [0.25, 0.3) is 5.91 Å². The number of aliphatic hydroxyl groups is 1. The Bertz CT molecular complexity index is 418. The highest BCUT2D eigenvalue weighted by molar-refractivity contribution is 6.31. The SMILES string of the molecule is C=CCN(CCO)C(=O)c1cccc(Cl)c1C. The summed E-state index contributed by atoms with van der Waals surface area (Å²) in [6.45, 7) is 6.03. The smallest absolute Gasteiger partial charge is 0.254 e. The number of nitrogens with zero attached hydrogens (tertiary/aromatic N) is 1. The Kier molecular flexibility index (Phi) is 5.19. The Labute approximate surface area is 106 Å². The van der Waals surface area contributed by atoms with Crippen LogP contribution in [0.1, 0.15) is 15.9 Å². The second-order valence-corrected chi connectivity index (χ2v) is 4.08. The fourth-order valence-corrected chi connectivity index (χ4v) is 1.74. The minimum Gasteiger partial charge on any atom is -0.395 e. The molecule has 0 aromatic heterocycles. The standard InChI is InChI=1S/C13H16ClNO2/c1-3-7-15(8-9-16)13(17)11-5-4-6-12(14)10(11)2/h3-6,16H,1,7-9H2,2H3. The van der Waals surface area contributed by atoms with Crippen LogP contribution in [0.25, 0.3) is 0 Å². The average molecular weight is 254 g/mol. The zero-order valence-corrected chi connectivity index (χ0v) is 10.6. The average Bonchev–Trinajstić information content (AvgIpc) is 2.31. The molecule has 0 radical (unpaired) electrons. The molecular formula is C13H16ClNO2. The molecule has 17 heavy (non-hydrogen) atoms. The van der Waals surface area contributed by atoms with E-state index in [1.54, 1.807) is 31.2 Å². The molecule has 0 heterocycles. The zero-order valence-electron chi connectivity index (χ0n) is 9.82. The lowest BCUT2D eigenvalue weighted by Crippen LogP contribution is -2.34. The van der Waals surface area contributed by atoms with Crippen molar-refractivity contribution < 1.29 is 9.90 Å². The van der Waals surface area contributed by atoms with Gasteiger partial charge in [0.1, 0.15) is 0 Å². The van der Waals surface area contributed by atoms with E-state index in [1.165, 1.54) is 4.90 Å². The highest BCUT2D eigenvalue weighted by Crippen LogP contribution is 2.20. The number of benzene rings is 1. The van der Waals surface area contributed by atoms with E-state index in [9.17, 15) is 4.79 Å². The summed E-state index contributed by atoms with van der Waals surface area (Å²) in [6.07, 6.45) is 1.63. The van der Waals surface area contributed by atoms with Gasteiger partial charge in [0.2, 0.25) is 0 Å². The van der Waals surface area contributed by atoms with Gasteiger partial charge in [-0.2, -0.15) is 0 Å². The molecular weight excluding hydrogens is 238 g/mol. The lowest BCUT2D eigenvalue weighted by molar-refractivity contribution is 0.0742. The predicted octanol–water partition coefficient (Wildman–Crippen LogP) is 2.27. The maximum absolute atomic E-state index is 12.2. The van der Waals surface area contributed by atoms with Gasteiger partial charge in [0.15, 0.2) is 0 Å². The van der Waals surface area contributed by atoms with E-state index in [1.807, 2.05) is 0 Å². The summed E-state index contributed by atoms with van der Waals surface area (Å²) in [5, 5.41) is 9.50. The first-order valence-corrected chi connectivity index (χ1v) is 5.75. The van der Waals surface area contributed by atoms with Crippen LogP contribution in [-0.2, 0) is 0 Å². The summed E-state index contributed by atoms with van der Waals surface area (Å²) in [5.41, 5.74) is 1.32. The lowest BCUT2D eigenvalue weighted by atomic mass is 10.1. The Hall–Kier alpha value is -1.32. The summed E-state index contributed by atoms with van der Waals surface area (Å²) < 4.78 is 0. The molecule has 4 heteroatoms. The third kappa shape index (κ3) is 3.32. The minimum atomic E-state index is -0.140. The van der Waals surface area contributed by atoms with Crippen LogP contribution < -0.4 is 0 Å². The number of aliphatic hydroxyl groups excluding tert-OH is 1. The Morgan fingerprint density at radius 1 is 1.59 bits per heavy atom. The summed E-state index contributed by atoms with van der Waals surface area (Å²) >= 11 is 5.98. The second kappa shape index (κ2) is 6.42. The normalized spacial score (nSPS) is 10.1. The molecule has 0 saturated heterocycles. The van der Waals surface area contributed by atoms with Crippen LogP contribution in [0.15, 0.2) is 30.9 Å². The van der Waals surface area contributed by atoms with Gasteiger partial charge in [0.05, 0.1) is 6.61 Å². The van der Waals surface area contributed by atoms with Crippen LogP contribution in [0.2, 0.25) is 5.02 Å². The molecule has 0 atom stereocenters. The molecule has 1 N–H and O–H groups in total. The fraction of sp³-hybridized carbons (Fsp3) is 0.308. The molecule has 0 aliphatic heterocycles. The molecule has 1 amide bonds. The van der Waals surface area contributed by atoms with Gasteiger partial charge in [-0.15, -0.1) is 6.58 Å². The molecule has 0 aliphatic rings. The fourth-order valence-electron chi connectivity index (χ4n) is 1.56. The van der Waals surface area contributed by atoms with Crippen molar-refractivity contribution in [3.8, 4) is 0 Å². The predicted molar refractivity (Wildman–Crippen MR) is 69.4 cm³/mol.